The van der Waals surface area contributed by atoms with Crippen LogP contribution in [-0.2, 0) is 9.53 Å². The third-order valence-corrected chi connectivity index (χ3v) is 2.69. The van der Waals surface area contributed by atoms with Crippen molar-refractivity contribution in [2.24, 2.45) is 11.7 Å². The summed E-state index contributed by atoms with van der Waals surface area (Å²) in [7, 11) is 0. The van der Waals surface area contributed by atoms with Crippen LogP contribution in [0.3, 0.4) is 0 Å². The Labute approximate surface area is 94.3 Å². The Hall–Kier alpha value is -1.52. The molecule has 0 aromatic heterocycles. The van der Waals surface area contributed by atoms with Gasteiger partial charge in [0.15, 0.2) is 0 Å². The lowest BCUT2D eigenvalue weighted by atomic mass is 9.89. The Balaban J connectivity index is 2.69. The van der Waals surface area contributed by atoms with E-state index in [1.165, 1.54) is 0 Å². The van der Waals surface area contributed by atoms with Crippen LogP contribution in [0.15, 0.2) is 12.2 Å². The van der Waals surface area contributed by atoms with Gasteiger partial charge in [0.1, 0.15) is 6.10 Å². The Kier molecular flexibility index (Phi) is 4.82. The maximum Gasteiger partial charge on any atom is 0.506 e. The summed E-state index contributed by atoms with van der Waals surface area (Å²) in [5, 5.41) is 8.61. The predicted octanol–water partition coefficient (Wildman–Crippen LogP) is 1.67. The third-order valence-electron chi connectivity index (χ3n) is 2.69. The van der Waals surface area contributed by atoms with Gasteiger partial charge in [-0.15, -0.1) is 0 Å². The predicted molar refractivity (Wildman–Crippen MR) is 57.8 cm³/mol. The van der Waals surface area contributed by atoms with Crippen LogP contribution in [0.1, 0.15) is 32.1 Å². The fourth-order valence-electron chi connectivity index (χ4n) is 1.95. The first-order valence-electron chi connectivity index (χ1n) is 5.44. The second-order valence-corrected chi connectivity index (χ2v) is 3.99. The summed E-state index contributed by atoms with van der Waals surface area (Å²) in [6, 6.07) is 0. The molecule has 0 spiro atoms. The first-order valence-corrected chi connectivity index (χ1v) is 5.44. The van der Waals surface area contributed by atoms with Crippen LogP contribution < -0.4 is 5.73 Å². The summed E-state index contributed by atoms with van der Waals surface area (Å²) >= 11 is 0. The van der Waals surface area contributed by atoms with E-state index in [4.69, 9.17) is 15.6 Å². The SMILES string of the molecule is NC(=O)CC1CCCC/C=C/C1OC(=O)O. The largest absolute Gasteiger partial charge is 0.506 e. The van der Waals surface area contributed by atoms with E-state index in [9.17, 15) is 9.59 Å². The molecule has 3 N–H and O–H groups in total. The zero-order chi connectivity index (χ0) is 12.0. The molecule has 1 aliphatic rings. The highest BCUT2D eigenvalue weighted by molar-refractivity contribution is 5.74. The van der Waals surface area contributed by atoms with E-state index in [2.05, 4.69) is 0 Å². The highest BCUT2D eigenvalue weighted by Gasteiger charge is 2.25. The molecule has 1 amide bonds. The van der Waals surface area contributed by atoms with Crippen molar-refractivity contribution in [3.63, 3.8) is 0 Å². The third kappa shape index (κ3) is 4.33. The number of allylic oxidation sites excluding steroid dienone is 1. The quantitative estimate of drug-likeness (QED) is 0.567. The van der Waals surface area contributed by atoms with E-state index in [1.54, 1.807) is 6.08 Å². The van der Waals surface area contributed by atoms with Crippen molar-refractivity contribution >= 4 is 12.1 Å². The topological polar surface area (TPSA) is 89.6 Å². The van der Waals surface area contributed by atoms with E-state index < -0.39 is 18.2 Å². The number of carbonyl (C=O) groups excluding carboxylic acids is 1. The molecule has 0 heterocycles. The van der Waals surface area contributed by atoms with Crippen LogP contribution in [-0.4, -0.2) is 23.3 Å². The summed E-state index contributed by atoms with van der Waals surface area (Å²) in [4.78, 5) is 21.4. The minimum Gasteiger partial charge on any atom is -0.450 e. The van der Waals surface area contributed by atoms with Crippen molar-refractivity contribution in [2.45, 2.75) is 38.2 Å². The first kappa shape index (κ1) is 12.5. The highest BCUT2D eigenvalue weighted by atomic mass is 16.7. The van der Waals surface area contributed by atoms with E-state index in [1.807, 2.05) is 6.08 Å². The number of carboxylic acid groups (broad SMARTS) is 1. The molecule has 1 aliphatic carbocycles. The van der Waals surface area contributed by atoms with E-state index in [-0.39, 0.29) is 12.3 Å². The lowest BCUT2D eigenvalue weighted by molar-refractivity contribution is -0.119. The first-order chi connectivity index (χ1) is 7.59. The zero-order valence-electron chi connectivity index (χ0n) is 9.09. The van der Waals surface area contributed by atoms with Gasteiger partial charge in [0.2, 0.25) is 5.91 Å². The van der Waals surface area contributed by atoms with Crippen LogP contribution in [0.25, 0.3) is 0 Å². The molecule has 0 bridgehead atoms. The van der Waals surface area contributed by atoms with Gasteiger partial charge in [-0.05, 0) is 25.3 Å². The van der Waals surface area contributed by atoms with Gasteiger partial charge in [0.25, 0.3) is 0 Å². The normalized spacial score (nSPS) is 27.5. The van der Waals surface area contributed by atoms with Crippen molar-refractivity contribution in [3.05, 3.63) is 12.2 Å². The van der Waals surface area contributed by atoms with Gasteiger partial charge in [-0.2, -0.15) is 0 Å². The molecule has 0 aliphatic heterocycles. The molecule has 90 valence electrons. The number of rotatable bonds is 3. The molecular formula is C11H17NO4. The van der Waals surface area contributed by atoms with Gasteiger partial charge in [0, 0.05) is 12.3 Å². The lowest BCUT2D eigenvalue weighted by Gasteiger charge is -2.24. The number of nitrogens with two attached hydrogens (primary N) is 1. The van der Waals surface area contributed by atoms with E-state index in [0.717, 1.165) is 25.7 Å². The molecule has 16 heavy (non-hydrogen) atoms. The number of primary amides is 1. The fourth-order valence-corrected chi connectivity index (χ4v) is 1.95. The van der Waals surface area contributed by atoms with Crippen molar-refractivity contribution in [1.82, 2.24) is 0 Å². The lowest BCUT2D eigenvalue weighted by Crippen LogP contribution is -2.29. The Bertz CT molecular complexity index is 288. The minimum absolute atomic E-state index is 0.134. The molecular weight excluding hydrogens is 210 g/mol. The van der Waals surface area contributed by atoms with Gasteiger partial charge in [-0.1, -0.05) is 12.5 Å². The van der Waals surface area contributed by atoms with Crippen LogP contribution in [0.2, 0.25) is 0 Å². The number of hydrogen-bond acceptors (Lipinski definition) is 3. The standard InChI is InChI=1S/C11H17NO4/c12-10(13)7-8-5-3-1-2-4-6-9(8)16-11(14)15/h4,6,8-9H,1-3,5,7H2,(H2,12,13)(H,14,15)/b6-4+. The molecule has 0 radical (unpaired) electrons. The molecule has 0 fully saturated rings. The van der Waals surface area contributed by atoms with Crippen LogP contribution >= 0.6 is 0 Å². The average molecular weight is 227 g/mol. The molecule has 0 saturated carbocycles. The van der Waals surface area contributed by atoms with Crippen LogP contribution in [0.4, 0.5) is 4.79 Å². The highest BCUT2D eigenvalue weighted by Crippen LogP contribution is 2.24. The molecule has 2 unspecified atom stereocenters. The average Bonchev–Trinajstić information content (AvgIpc) is 2.15. The van der Waals surface area contributed by atoms with Gasteiger partial charge < -0.3 is 15.6 Å². The van der Waals surface area contributed by atoms with Crippen molar-refractivity contribution < 1.29 is 19.4 Å². The Morgan fingerprint density at radius 1 is 1.44 bits per heavy atom. The van der Waals surface area contributed by atoms with Crippen molar-refractivity contribution in [2.75, 3.05) is 0 Å². The maximum absolute atomic E-state index is 10.9. The molecule has 2 atom stereocenters. The second-order valence-electron chi connectivity index (χ2n) is 3.99. The van der Waals surface area contributed by atoms with Crippen LogP contribution in [0, 0.1) is 5.92 Å². The summed E-state index contributed by atoms with van der Waals surface area (Å²) in [5.41, 5.74) is 5.14. The molecule has 1 rings (SSSR count). The minimum atomic E-state index is -1.32. The smallest absolute Gasteiger partial charge is 0.450 e. The van der Waals surface area contributed by atoms with Gasteiger partial charge in [0.05, 0.1) is 0 Å². The van der Waals surface area contributed by atoms with Gasteiger partial charge in [-0.3, -0.25) is 4.79 Å². The monoisotopic (exact) mass is 227 g/mol. The number of amides is 1. The van der Waals surface area contributed by atoms with Gasteiger partial charge in [-0.25, -0.2) is 4.79 Å². The fraction of sp³-hybridized carbons (Fsp3) is 0.636. The van der Waals surface area contributed by atoms with Crippen LogP contribution in [0.5, 0.6) is 0 Å². The van der Waals surface area contributed by atoms with E-state index >= 15 is 0 Å². The van der Waals surface area contributed by atoms with Gasteiger partial charge >= 0.3 is 6.16 Å². The maximum atomic E-state index is 10.9. The Morgan fingerprint density at radius 3 is 2.81 bits per heavy atom. The molecule has 5 nitrogen and oxygen atoms in total. The summed E-state index contributed by atoms with van der Waals surface area (Å²) < 4.78 is 4.76. The van der Waals surface area contributed by atoms with Crippen molar-refractivity contribution in [1.29, 1.82) is 0 Å². The number of carbonyl (C=O) groups is 2. The van der Waals surface area contributed by atoms with E-state index in [0.29, 0.717) is 0 Å². The molecule has 0 aromatic rings. The summed E-state index contributed by atoms with van der Waals surface area (Å²) in [6.45, 7) is 0. The molecule has 0 saturated heterocycles. The number of ether oxygens (including phenoxy) is 1. The number of hydrogen-bond donors (Lipinski definition) is 2. The Morgan fingerprint density at radius 2 is 2.19 bits per heavy atom. The van der Waals surface area contributed by atoms with Crippen molar-refractivity contribution in [3.8, 4) is 0 Å². The summed E-state index contributed by atoms with van der Waals surface area (Å²) in [6.07, 6.45) is 5.63. The second kappa shape index (κ2) is 6.15. The molecule has 0 aromatic carbocycles. The summed E-state index contributed by atoms with van der Waals surface area (Å²) in [5.74, 6) is -0.553. The zero-order valence-corrected chi connectivity index (χ0v) is 9.09. The molecule has 5 heteroatoms.